The largest absolute Gasteiger partial charge is 0.476 e. The van der Waals surface area contributed by atoms with Gasteiger partial charge in [-0.3, -0.25) is 9.10 Å². The molecular weight excluding hydrogens is 376 g/mol. The molecular formula is C18H19ClN2O4S. The number of nitrogens with zero attached hydrogens (tertiary/aromatic N) is 1. The normalized spacial score (nSPS) is 17.8. The molecule has 0 aromatic heterocycles. The van der Waals surface area contributed by atoms with Gasteiger partial charge in [-0.1, -0.05) is 41.9 Å². The highest BCUT2D eigenvalue weighted by Crippen LogP contribution is 2.37. The van der Waals surface area contributed by atoms with Crippen molar-refractivity contribution in [1.29, 1.82) is 0 Å². The number of carbonyl (C=O) groups excluding carboxylic acids is 1. The second-order valence-corrected chi connectivity index (χ2v) is 8.50. The summed E-state index contributed by atoms with van der Waals surface area (Å²) in [6.07, 6.45) is 0.134. The van der Waals surface area contributed by atoms with Crippen molar-refractivity contribution in [1.82, 2.24) is 5.32 Å². The van der Waals surface area contributed by atoms with Crippen LogP contribution in [0.4, 0.5) is 5.69 Å². The number of hydrogen-bond donors (Lipinski definition) is 1. The molecule has 0 saturated carbocycles. The van der Waals surface area contributed by atoms with E-state index >= 15 is 0 Å². The van der Waals surface area contributed by atoms with Crippen molar-refractivity contribution in [2.45, 2.75) is 19.1 Å². The van der Waals surface area contributed by atoms with E-state index < -0.39 is 16.1 Å². The quantitative estimate of drug-likeness (QED) is 0.865. The zero-order valence-corrected chi connectivity index (χ0v) is 15.9. The maximum absolute atomic E-state index is 12.6. The van der Waals surface area contributed by atoms with Gasteiger partial charge in [0, 0.05) is 5.02 Å². The highest BCUT2D eigenvalue weighted by atomic mass is 35.5. The first-order valence-electron chi connectivity index (χ1n) is 8.05. The first-order valence-corrected chi connectivity index (χ1v) is 10.3. The number of carbonyl (C=O) groups is 1. The van der Waals surface area contributed by atoms with Crippen molar-refractivity contribution in [2.75, 3.05) is 17.1 Å². The molecule has 0 unspecified atom stereocenters. The number of hydrogen-bond acceptors (Lipinski definition) is 4. The number of amides is 1. The lowest BCUT2D eigenvalue weighted by Crippen LogP contribution is -2.50. The summed E-state index contributed by atoms with van der Waals surface area (Å²) in [5.41, 5.74) is 1.28. The van der Waals surface area contributed by atoms with E-state index in [1.165, 1.54) is 6.07 Å². The van der Waals surface area contributed by atoms with Crippen LogP contribution in [0.2, 0.25) is 5.02 Å². The molecule has 0 bridgehead atoms. The van der Waals surface area contributed by atoms with Crippen LogP contribution in [0.1, 0.15) is 18.5 Å². The second-order valence-electron chi connectivity index (χ2n) is 6.15. The van der Waals surface area contributed by atoms with Crippen LogP contribution in [-0.2, 0) is 14.8 Å². The minimum Gasteiger partial charge on any atom is -0.476 e. The molecule has 0 saturated heterocycles. The summed E-state index contributed by atoms with van der Waals surface area (Å²) in [7, 11) is -3.59. The van der Waals surface area contributed by atoms with E-state index in [2.05, 4.69) is 5.32 Å². The Morgan fingerprint density at radius 3 is 2.62 bits per heavy atom. The summed E-state index contributed by atoms with van der Waals surface area (Å²) in [6.45, 7) is 1.75. The number of sulfonamides is 1. The molecule has 138 valence electrons. The number of fused-ring (bicyclic) bond motifs is 1. The molecule has 1 heterocycles. The van der Waals surface area contributed by atoms with Crippen molar-refractivity contribution in [3.05, 3.63) is 59.1 Å². The SMILES string of the molecule is C[C@@H](NC(=O)[C@@H]1CN(S(C)(=O)=O)c2cc(Cl)ccc2O1)c1ccccc1. The molecule has 2 aromatic carbocycles. The molecule has 0 fully saturated rings. The molecule has 0 radical (unpaired) electrons. The Morgan fingerprint density at radius 2 is 1.96 bits per heavy atom. The Morgan fingerprint density at radius 1 is 1.27 bits per heavy atom. The third-order valence-electron chi connectivity index (χ3n) is 4.14. The Kier molecular flexibility index (Phi) is 5.11. The van der Waals surface area contributed by atoms with E-state index in [0.29, 0.717) is 16.5 Å². The van der Waals surface area contributed by atoms with Gasteiger partial charge in [0.1, 0.15) is 5.75 Å². The fraction of sp³-hybridized carbons (Fsp3) is 0.278. The van der Waals surface area contributed by atoms with Crippen LogP contribution in [-0.4, -0.2) is 33.2 Å². The zero-order valence-electron chi connectivity index (χ0n) is 14.3. The Hall–Kier alpha value is -2.25. The second kappa shape index (κ2) is 7.17. The van der Waals surface area contributed by atoms with Gasteiger partial charge in [0.25, 0.3) is 5.91 Å². The summed E-state index contributed by atoms with van der Waals surface area (Å²) in [6, 6.07) is 13.9. The van der Waals surface area contributed by atoms with E-state index in [1.807, 2.05) is 37.3 Å². The average Bonchev–Trinajstić information content (AvgIpc) is 2.60. The summed E-state index contributed by atoms with van der Waals surface area (Å²) in [5, 5.41) is 3.26. The first-order chi connectivity index (χ1) is 12.3. The Balaban J connectivity index is 1.83. The lowest BCUT2D eigenvalue weighted by Gasteiger charge is -2.34. The third-order valence-corrected chi connectivity index (χ3v) is 5.52. The maximum Gasteiger partial charge on any atom is 0.263 e. The topological polar surface area (TPSA) is 75.7 Å². The molecule has 1 amide bonds. The molecule has 1 N–H and O–H groups in total. The predicted molar refractivity (Wildman–Crippen MR) is 101 cm³/mol. The van der Waals surface area contributed by atoms with E-state index in [9.17, 15) is 13.2 Å². The van der Waals surface area contributed by atoms with Gasteiger partial charge in [-0.05, 0) is 30.7 Å². The molecule has 2 aromatic rings. The number of ether oxygens (including phenoxy) is 1. The van der Waals surface area contributed by atoms with Crippen molar-refractivity contribution < 1.29 is 17.9 Å². The van der Waals surface area contributed by atoms with Gasteiger partial charge < -0.3 is 10.1 Å². The monoisotopic (exact) mass is 394 g/mol. The molecule has 8 heteroatoms. The smallest absolute Gasteiger partial charge is 0.263 e. The summed E-state index contributed by atoms with van der Waals surface area (Å²) < 4.78 is 31.2. The van der Waals surface area contributed by atoms with Gasteiger partial charge in [0.05, 0.1) is 24.5 Å². The average molecular weight is 395 g/mol. The summed E-state index contributed by atoms with van der Waals surface area (Å²) in [4.78, 5) is 12.6. The van der Waals surface area contributed by atoms with E-state index in [1.54, 1.807) is 12.1 Å². The Labute approximate surface area is 157 Å². The summed E-state index contributed by atoms with van der Waals surface area (Å²) in [5.74, 6) is -0.0748. The predicted octanol–water partition coefficient (Wildman–Crippen LogP) is 2.74. The molecule has 0 spiro atoms. The van der Waals surface area contributed by atoms with Crippen molar-refractivity contribution in [3.8, 4) is 5.75 Å². The van der Waals surface area contributed by atoms with E-state index in [-0.39, 0.29) is 18.5 Å². The zero-order chi connectivity index (χ0) is 18.9. The molecule has 2 atom stereocenters. The maximum atomic E-state index is 12.6. The lowest BCUT2D eigenvalue weighted by atomic mass is 10.1. The number of benzene rings is 2. The van der Waals surface area contributed by atoms with Gasteiger partial charge in [-0.2, -0.15) is 0 Å². The minimum absolute atomic E-state index is 0.112. The first kappa shape index (κ1) is 18.5. The Bertz CT molecular complexity index is 918. The molecule has 26 heavy (non-hydrogen) atoms. The minimum atomic E-state index is -3.59. The standard InChI is InChI=1S/C18H19ClN2O4S/c1-12(13-6-4-3-5-7-13)20-18(22)17-11-21(26(2,23)24)15-10-14(19)8-9-16(15)25-17/h3-10,12,17H,11H2,1-2H3,(H,20,22)/t12-,17+/m1/s1. The number of nitrogens with one attached hydrogen (secondary N) is 1. The van der Waals surface area contributed by atoms with Crippen LogP contribution in [0.3, 0.4) is 0 Å². The molecule has 3 rings (SSSR count). The molecule has 1 aliphatic heterocycles. The molecule has 6 nitrogen and oxygen atoms in total. The van der Waals surface area contributed by atoms with Gasteiger partial charge >= 0.3 is 0 Å². The molecule has 1 aliphatic rings. The fourth-order valence-electron chi connectivity index (χ4n) is 2.81. The van der Waals surface area contributed by atoms with E-state index in [0.717, 1.165) is 16.1 Å². The van der Waals surface area contributed by atoms with Crippen LogP contribution in [0.25, 0.3) is 0 Å². The summed E-state index contributed by atoms with van der Waals surface area (Å²) >= 11 is 5.97. The highest BCUT2D eigenvalue weighted by Gasteiger charge is 2.35. The number of halogens is 1. The van der Waals surface area contributed by atoms with Crippen LogP contribution in [0, 0.1) is 0 Å². The number of rotatable bonds is 4. The van der Waals surface area contributed by atoms with Crippen molar-refractivity contribution >= 4 is 33.2 Å². The van der Waals surface area contributed by atoms with Crippen LogP contribution in [0.5, 0.6) is 5.75 Å². The van der Waals surface area contributed by atoms with Gasteiger partial charge in [0.2, 0.25) is 10.0 Å². The highest BCUT2D eigenvalue weighted by molar-refractivity contribution is 7.92. The molecule has 0 aliphatic carbocycles. The van der Waals surface area contributed by atoms with Crippen LogP contribution >= 0.6 is 11.6 Å². The van der Waals surface area contributed by atoms with Gasteiger partial charge in [0.15, 0.2) is 6.10 Å². The van der Waals surface area contributed by atoms with Gasteiger partial charge in [-0.25, -0.2) is 8.42 Å². The third kappa shape index (κ3) is 3.94. The van der Waals surface area contributed by atoms with Crippen molar-refractivity contribution in [3.63, 3.8) is 0 Å². The van der Waals surface area contributed by atoms with Crippen LogP contribution in [0.15, 0.2) is 48.5 Å². The number of anilines is 1. The van der Waals surface area contributed by atoms with Crippen molar-refractivity contribution in [2.24, 2.45) is 0 Å². The van der Waals surface area contributed by atoms with Crippen LogP contribution < -0.4 is 14.4 Å². The fourth-order valence-corrected chi connectivity index (χ4v) is 3.88. The van der Waals surface area contributed by atoms with E-state index in [4.69, 9.17) is 16.3 Å². The lowest BCUT2D eigenvalue weighted by molar-refractivity contribution is -0.128. The van der Waals surface area contributed by atoms with Gasteiger partial charge in [-0.15, -0.1) is 0 Å².